The number of ether oxygens (including phenoxy) is 3. The summed E-state index contributed by atoms with van der Waals surface area (Å²) < 4.78 is 15.3. The Balaban J connectivity index is 2.88. The molecule has 0 fully saturated rings. The number of alkyl carbamates (subject to hydrolysis) is 1. The maximum atomic E-state index is 11.4. The first kappa shape index (κ1) is 14.2. The molecule has 1 atom stereocenters. The molecule has 100 valence electrons. The normalized spacial score (nSPS) is 11.6. The first-order valence-electron chi connectivity index (χ1n) is 5.77. The molecular formula is C13H19NO4. The van der Waals surface area contributed by atoms with Crippen LogP contribution in [0, 0.1) is 0 Å². The minimum Gasteiger partial charge on any atom is -0.497 e. The molecule has 0 saturated heterocycles. The van der Waals surface area contributed by atoms with Gasteiger partial charge in [-0.25, -0.2) is 4.79 Å². The molecule has 0 spiro atoms. The van der Waals surface area contributed by atoms with E-state index in [9.17, 15) is 4.79 Å². The SMILES string of the molecule is CCOC(=O)N[C@H](C)c1cc(OC)ccc1OC. The van der Waals surface area contributed by atoms with Gasteiger partial charge < -0.3 is 19.5 Å². The molecule has 0 unspecified atom stereocenters. The van der Waals surface area contributed by atoms with Crippen molar-refractivity contribution in [3.63, 3.8) is 0 Å². The zero-order chi connectivity index (χ0) is 13.5. The number of benzene rings is 1. The minimum atomic E-state index is -0.449. The summed E-state index contributed by atoms with van der Waals surface area (Å²) in [7, 11) is 3.18. The topological polar surface area (TPSA) is 56.8 Å². The van der Waals surface area contributed by atoms with Crippen molar-refractivity contribution >= 4 is 6.09 Å². The number of nitrogens with one attached hydrogen (secondary N) is 1. The van der Waals surface area contributed by atoms with Gasteiger partial charge in [0.05, 0.1) is 26.9 Å². The third-order valence-corrected chi connectivity index (χ3v) is 2.51. The maximum Gasteiger partial charge on any atom is 0.407 e. The molecule has 0 bridgehead atoms. The predicted octanol–water partition coefficient (Wildman–Crippen LogP) is 2.51. The number of hydrogen-bond acceptors (Lipinski definition) is 4. The van der Waals surface area contributed by atoms with Gasteiger partial charge in [0.1, 0.15) is 11.5 Å². The minimum absolute atomic E-state index is 0.228. The average molecular weight is 253 g/mol. The lowest BCUT2D eigenvalue weighted by Crippen LogP contribution is -2.27. The number of carbonyl (C=O) groups is 1. The van der Waals surface area contributed by atoms with Crippen molar-refractivity contribution in [1.29, 1.82) is 0 Å². The van der Waals surface area contributed by atoms with Gasteiger partial charge in [0.15, 0.2) is 0 Å². The van der Waals surface area contributed by atoms with Crippen LogP contribution in [0.3, 0.4) is 0 Å². The summed E-state index contributed by atoms with van der Waals surface area (Å²) in [6, 6.07) is 5.21. The summed E-state index contributed by atoms with van der Waals surface area (Å²) >= 11 is 0. The molecule has 5 nitrogen and oxygen atoms in total. The van der Waals surface area contributed by atoms with Gasteiger partial charge in [-0.2, -0.15) is 0 Å². The monoisotopic (exact) mass is 253 g/mol. The summed E-state index contributed by atoms with van der Waals surface area (Å²) in [6.07, 6.45) is -0.449. The van der Waals surface area contributed by atoms with E-state index in [-0.39, 0.29) is 6.04 Å². The summed E-state index contributed by atoms with van der Waals surface area (Å²) in [4.78, 5) is 11.4. The second kappa shape index (κ2) is 6.74. The number of carbonyl (C=O) groups excluding carboxylic acids is 1. The largest absolute Gasteiger partial charge is 0.497 e. The molecular weight excluding hydrogens is 234 g/mol. The van der Waals surface area contributed by atoms with Gasteiger partial charge in [0.25, 0.3) is 0 Å². The third-order valence-electron chi connectivity index (χ3n) is 2.51. The molecule has 5 heteroatoms. The van der Waals surface area contributed by atoms with Crippen LogP contribution in [-0.4, -0.2) is 26.9 Å². The lowest BCUT2D eigenvalue weighted by Gasteiger charge is -2.17. The average Bonchev–Trinajstić information content (AvgIpc) is 2.38. The highest BCUT2D eigenvalue weighted by Crippen LogP contribution is 2.29. The van der Waals surface area contributed by atoms with Gasteiger partial charge >= 0.3 is 6.09 Å². The molecule has 0 aliphatic carbocycles. The Labute approximate surface area is 107 Å². The van der Waals surface area contributed by atoms with Crippen LogP contribution in [0.25, 0.3) is 0 Å². The molecule has 1 N–H and O–H groups in total. The predicted molar refractivity (Wildman–Crippen MR) is 68.1 cm³/mol. The van der Waals surface area contributed by atoms with E-state index in [0.717, 1.165) is 5.56 Å². The first-order chi connectivity index (χ1) is 8.62. The van der Waals surface area contributed by atoms with Gasteiger partial charge in [-0.15, -0.1) is 0 Å². The summed E-state index contributed by atoms with van der Waals surface area (Å²) in [5, 5.41) is 2.73. The number of amides is 1. The number of rotatable bonds is 5. The van der Waals surface area contributed by atoms with Crippen LogP contribution in [0.5, 0.6) is 11.5 Å². The van der Waals surface area contributed by atoms with Gasteiger partial charge in [0.2, 0.25) is 0 Å². The lowest BCUT2D eigenvalue weighted by atomic mass is 10.1. The molecule has 1 amide bonds. The maximum absolute atomic E-state index is 11.4. The summed E-state index contributed by atoms with van der Waals surface area (Å²) in [6.45, 7) is 3.96. The van der Waals surface area contributed by atoms with E-state index in [1.54, 1.807) is 33.3 Å². The highest BCUT2D eigenvalue weighted by atomic mass is 16.5. The quantitative estimate of drug-likeness (QED) is 0.876. The molecule has 1 rings (SSSR count). The Morgan fingerprint density at radius 2 is 2.06 bits per heavy atom. The van der Waals surface area contributed by atoms with Crippen molar-refractivity contribution in [2.75, 3.05) is 20.8 Å². The molecule has 0 aliphatic heterocycles. The van der Waals surface area contributed by atoms with E-state index in [1.165, 1.54) is 0 Å². The Morgan fingerprint density at radius 1 is 1.33 bits per heavy atom. The van der Waals surface area contributed by atoms with Crippen LogP contribution >= 0.6 is 0 Å². The van der Waals surface area contributed by atoms with E-state index in [4.69, 9.17) is 14.2 Å². The van der Waals surface area contributed by atoms with Gasteiger partial charge in [0, 0.05) is 5.56 Å². The molecule has 0 radical (unpaired) electrons. The Kier molecular flexibility index (Phi) is 5.30. The molecule has 0 heterocycles. The van der Waals surface area contributed by atoms with Crippen LogP contribution < -0.4 is 14.8 Å². The fourth-order valence-corrected chi connectivity index (χ4v) is 1.61. The molecule has 1 aromatic carbocycles. The van der Waals surface area contributed by atoms with Crippen molar-refractivity contribution in [2.24, 2.45) is 0 Å². The van der Waals surface area contributed by atoms with Crippen LogP contribution in [0.15, 0.2) is 18.2 Å². The van der Waals surface area contributed by atoms with Crippen molar-refractivity contribution in [3.8, 4) is 11.5 Å². The highest BCUT2D eigenvalue weighted by Gasteiger charge is 2.15. The fourth-order valence-electron chi connectivity index (χ4n) is 1.61. The van der Waals surface area contributed by atoms with Crippen LogP contribution in [-0.2, 0) is 4.74 Å². The Hall–Kier alpha value is -1.91. The van der Waals surface area contributed by atoms with Gasteiger partial charge in [-0.3, -0.25) is 0 Å². The molecule has 18 heavy (non-hydrogen) atoms. The Morgan fingerprint density at radius 3 is 2.61 bits per heavy atom. The van der Waals surface area contributed by atoms with Gasteiger partial charge in [-0.05, 0) is 32.0 Å². The second-order valence-corrected chi connectivity index (χ2v) is 3.69. The van der Waals surface area contributed by atoms with E-state index in [2.05, 4.69) is 5.32 Å². The van der Waals surface area contributed by atoms with Gasteiger partial charge in [-0.1, -0.05) is 0 Å². The molecule has 1 aromatic rings. The summed E-state index contributed by atoms with van der Waals surface area (Å²) in [5.74, 6) is 1.41. The van der Waals surface area contributed by atoms with Crippen LogP contribution in [0.4, 0.5) is 4.79 Å². The van der Waals surface area contributed by atoms with Crippen molar-refractivity contribution in [3.05, 3.63) is 23.8 Å². The smallest absolute Gasteiger partial charge is 0.407 e. The first-order valence-corrected chi connectivity index (χ1v) is 5.77. The molecule has 0 aliphatic rings. The fraction of sp³-hybridized carbons (Fsp3) is 0.462. The number of methoxy groups -OCH3 is 2. The zero-order valence-corrected chi connectivity index (χ0v) is 11.1. The van der Waals surface area contributed by atoms with E-state index in [1.807, 2.05) is 13.0 Å². The number of hydrogen-bond donors (Lipinski definition) is 1. The van der Waals surface area contributed by atoms with Crippen molar-refractivity contribution in [2.45, 2.75) is 19.9 Å². The third kappa shape index (κ3) is 3.55. The standard InChI is InChI=1S/C13H19NO4/c1-5-18-13(15)14-9(2)11-8-10(16-3)6-7-12(11)17-4/h6-9H,5H2,1-4H3,(H,14,15)/t9-/m1/s1. The summed E-state index contributed by atoms with van der Waals surface area (Å²) in [5.41, 5.74) is 0.838. The van der Waals surface area contributed by atoms with Crippen molar-refractivity contribution in [1.82, 2.24) is 5.32 Å². The molecule has 0 saturated carbocycles. The van der Waals surface area contributed by atoms with Crippen LogP contribution in [0.1, 0.15) is 25.5 Å². The lowest BCUT2D eigenvalue weighted by molar-refractivity contribution is 0.148. The van der Waals surface area contributed by atoms with E-state index >= 15 is 0 Å². The van der Waals surface area contributed by atoms with E-state index in [0.29, 0.717) is 18.1 Å². The van der Waals surface area contributed by atoms with Crippen molar-refractivity contribution < 1.29 is 19.0 Å². The second-order valence-electron chi connectivity index (χ2n) is 3.69. The zero-order valence-electron chi connectivity index (χ0n) is 11.1. The van der Waals surface area contributed by atoms with E-state index < -0.39 is 6.09 Å². The molecule has 0 aromatic heterocycles. The Bertz CT molecular complexity index is 406. The highest BCUT2D eigenvalue weighted by molar-refractivity contribution is 5.68. The van der Waals surface area contributed by atoms with Crippen LogP contribution in [0.2, 0.25) is 0 Å².